The molecule has 5 heteroatoms. The highest BCUT2D eigenvalue weighted by atomic mass is 79.9. The molecule has 0 spiro atoms. The van der Waals surface area contributed by atoms with Gasteiger partial charge in [-0.1, -0.05) is 0 Å². The summed E-state index contributed by atoms with van der Waals surface area (Å²) >= 11 is 4.94. The van der Waals surface area contributed by atoms with Crippen molar-refractivity contribution in [2.45, 2.75) is 0 Å². The maximum Gasteiger partial charge on any atom is 0.168 e. The highest BCUT2D eigenvalue weighted by Gasteiger charge is 2.03. The number of aldehydes is 1. The minimum Gasteiger partial charge on any atom is -0.296 e. The van der Waals surface area contributed by atoms with Gasteiger partial charge in [-0.05, 0) is 34.1 Å². The molecule has 3 nitrogen and oxygen atoms in total. The Morgan fingerprint density at radius 3 is 2.86 bits per heavy atom. The van der Waals surface area contributed by atoms with E-state index in [1.165, 1.54) is 6.33 Å². The fourth-order valence-electron chi connectivity index (χ4n) is 1.02. The van der Waals surface area contributed by atoms with Crippen molar-refractivity contribution in [2.24, 2.45) is 0 Å². The lowest BCUT2D eigenvalue weighted by Crippen LogP contribution is -1.89. The number of carbonyl (C=O) groups excluding carboxylic acids is 1. The molecule has 0 bridgehead atoms. The van der Waals surface area contributed by atoms with Crippen LogP contribution in [-0.2, 0) is 0 Å². The molecule has 14 heavy (non-hydrogen) atoms. The summed E-state index contributed by atoms with van der Waals surface area (Å²) in [5.74, 6) is 0. The Morgan fingerprint density at radius 1 is 1.36 bits per heavy atom. The van der Waals surface area contributed by atoms with Crippen LogP contribution in [0, 0.1) is 0 Å². The molecule has 0 atom stereocenters. The largest absolute Gasteiger partial charge is 0.296 e. The van der Waals surface area contributed by atoms with Crippen LogP contribution in [0.1, 0.15) is 10.5 Å². The van der Waals surface area contributed by atoms with E-state index in [-0.39, 0.29) is 0 Å². The zero-order valence-corrected chi connectivity index (χ0v) is 9.38. The van der Waals surface area contributed by atoms with Crippen molar-refractivity contribution in [1.29, 1.82) is 0 Å². The molecule has 0 saturated carbocycles. The van der Waals surface area contributed by atoms with Crippen LogP contribution < -0.4 is 0 Å². The zero-order chi connectivity index (χ0) is 9.97. The monoisotopic (exact) mass is 268 g/mol. The molecule has 2 heterocycles. The van der Waals surface area contributed by atoms with Gasteiger partial charge in [0, 0.05) is 0 Å². The number of hydrogen-bond donors (Lipinski definition) is 0. The molecule has 2 aromatic rings. The highest BCUT2D eigenvalue weighted by molar-refractivity contribution is 9.11. The van der Waals surface area contributed by atoms with E-state index >= 15 is 0 Å². The van der Waals surface area contributed by atoms with E-state index in [1.807, 2.05) is 12.1 Å². The third kappa shape index (κ3) is 1.88. The summed E-state index contributed by atoms with van der Waals surface area (Å²) in [4.78, 5) is 19.4. The molecule has 0 aromatic carbocycles. The fraction of sp³-hybridized carbons (Fsp3) is 0. The number of hydrogen-bond acceptors (Lipinski definition) is 4. The standard InChI is InChI=1S/C9H5BrN2OS/c10-9-2-1-8(14-9)7-3-6(4-13)11-5-12-7/h1-5H. The third-order valence-corrected chi connectivity index (χ3v) is 3.28. The first-order valence-electron chi connectivity index (χ1n) is 3.82. The van der Waals surface area contributed by atoms with Crippen molar-refractivity contribution in [3.05, 3.63) is 34.0 Å². The van der Waals surface area contributed by atoms with E-state index in [4.69, 9.17) is 0 Å². The quantitative estimate of drug-likeness (QED) is 0.787. The van der Waals surface area contributed by atoms with E-state index in [1.54, 1.807) is 17.4 Å². The van der Waals surface area contributed by atoms with E-state index in [0.717, 1.165) is 14.4 Å². The normalized spacial score (nSPS) is 10.1. The Balaban J connectivity index is 2.46. The van der Waals surface area contributed by atoms with Crippen LogP contribution in [0.5, 0.6) is 0 Å². The number of halogens is 1. The summed E-state index contributed by atoms with van der Waals surface area (Å²) in [6.07, 6.45) is 2.11. The van der Waals surface area contributed by atoms with Crippen molar-refractivity contribution >= 4 is 33.6 Å². The van der Waals surface area contributed by atoms with Gasteiger partial charge in [0.15, 0.2) is 6.29 Å². The minimum atomic E-state index is 0.402. The van der Waals surface area contributed by atoms with Gasteiger partial charge in [0.05, 0.1) is 14.4 Å². The minimum absolute atomic E-state index is 0.402. The molecule has 0 N–H and O–H groups in total. The molecule has 0 radical (unpaired) electrons. The first-order chi connectivity index (χ1) is 6.79. The Bertz CT molecular complexity index is 469. The Morgan fingerprint density at radius 2 is 2.21 bits per heavy atom. The molecule has 0 aliphatic heterocycles. The SMILES string of the molecule is O=Cc1cc(-c2ccc(Br)s2)ncn1. The van der Waals surface area contributed by atoms with Gasteiger partial charge in [-0.2, -0.15) is 0 Å². The average molecular weight is 269 g/mol. The summed E-state index contributed by atoms with van der Waals surface area (Å²) in [7, 11) is 0. The molecule has 70 valence electrons. The third-order valence-electron chi connectivity index (χ3n) is 1.63. The molecular weight excluding hydrogens is 264 g/mol. The molecule has 0 aliphatic rings. The van der Waals surface area contributed by atoms with Crippen LogP contribution in [0.4, 0.5) is 0 Å². The number of thiophene rings is 1. The van der Waals surface area contributed by atoms with Gasteiger partial charge >= 0.3 is 0 Å². The van der Waals surface area contributed by atoms with E-state index < -0.39 is 0 Å². The fourth-order valence-corrected chi connectivity index (χ4v) is 2.38. The zero-order valence-electron chi connectivity index (χ0n) is 6.98. The molecule has 0 aliphatic carbocycles. The van der Waals surface area contributed by atoms with E-state index in [0.29, 0.717) is 12.0 Å². The van der Waals surface area contributed by atoms with Crippen molar-refractivity contribution in [2.75, 3.05) is 0 Å². The van der Waals surface area contributed by atoms with Gasteiger partial charge in [0.2, 0.25) is 0 Å². The Kier molecular flexibility index (Phi) is 2.69. The number of nitrogens with zero attached hydrogens (tertiary/aromatic N) is 2. The Labute approximate surface area is 93.0 Å². The highest BCUT2D eigenvalue weighted by Crippen LogP contribution is 2.29. The van der Waals surface area contributed by atoms with Crippen LogP contribution in [-0.4, -0.2) is 16.3 Å². The molecule has 0 unspecified atom stereocenters. The first-order valence-corrected chi connectivity index (χ1v) is 5.43. The van der Waals surface area contributed by atoms with Crippen LogP contribution >= 0.6 is 27.3 Å². The lowest BCUT2D eigenvalue weighted by atomic mass is 10.3. The second-order valence-electron chi connectivity index (χ2n) is 2.55. The van der Waals surface area contributed by atoms with Crippen molar-refractivity contribution in [3.8, 4) is 10.6 Å². The first kappa shape index (κ1) is 9.48. The number of rotatable bonds is 2. The smallest absolute Gasteiger partial charge is 0.168 e. The summed E-state index contributed by atoms with van der Waals surface area (Å²) in [5.41, 5.74) is 1.18. The lowest BCUT2D eigenvalue weighted by Gasteiger charge is -1.95. The molecule has 2 rings (SSSR count). The van der Waals surface area contributed by atoms with E-state index in [2.05, 4.69) is 25.9 Å². The van der Waals surface area contributed by atoms with E-state index in [9.17, 15) is 4.79 Å². The maximum atomic E-state index is 10.5. The molecule has 2 aromatic heterocycles. The number of aromatic nitrogens is 2. The number of carbonyl (C=O) groups is 1. The lowest BCUT2D eigenvalue weighted by molar-refractivity contribution is 0.111. The van der Waals surface area contributed by atoms with Crippen LogP contribution in [0.3, 0.4) is 0 Å². The second kappa shape index (κ2) is 3.98. The Hall–Kier alpha value is -1.07. The maximum absolute atomic E-state index is 10.5. The van der Waals surface area contributed by atoms with Crippen molar-refractivity contribution in [3.63, 3.8) is 0 Å². The van der Waals surface area contributed by atoms with Gasteiger partial charge in [-0.15, -0.1) is 11.3 Å². The predicted octanol–water partition coefficient (Wildman–Crippen LogP) is 2.78. The second-order valence-corrected chi connectivity index (χ2v) is 5.01. The summed E-state index contributed by atoms with van der Waals surface area (Å²) in [6, 6.07) is 5.57. The van der Waals surface area contributed by atoms with Gasteiger partial charge in [0.1, 0.15) is 12.0 Å². The van der Waals surface area contributed by atoms with Gasteiger partial charge in [-0.25, -0.2) is 9.97 Å². The average Bonchev–Trinajstić information content (AvgIpc) is 2.65. The molecular formula is C9H5BrN2OS. The van der Waals surface area contributed by atoms with Crippen LogP contribution in [0.25, 0.3) is 10.6 Å². The summed E-state index contributed by atoms with van der Waals surface area (Å²) < 4.78 is 1.04. The summed E-state index contributed by atoms with van der Waals surface area (Å²) in [5, 5.41) is 0. The molecule has 0 saturated heterocycles. The van der Waals surface area contributed by atoms with Crippen molar-refractivity contribution in [1.82, 2.24) is 9.97 Å². The topological polar surface area (TPSA) is 42.9 Å². The van der Waals surface area contributed by atoms with Crippen LogP contribution in [0.15, 0.2) is 28.3 Å². The van der Waals surface area contributed by atoms with Crippen molar-refractivity contribution < 1.29 is 4.79 Å². The van der Waals surface area contributed by atoms with Gasteiger partial charge < -0.3 is 0 Å². The van der Waals surface area contributed by atoms with Gasteiger partial charge in [-0.3, -0.25) is 4.79 Å². The van der Waals surface area contributed by atoms with Crippen LogP contribution in [0.2, 0.25) is 0 Å². The summed E-state index contributed by atoms with van der Waals surface area (Å²) in [6.45, 7) is 0. The van der Waals surface area contributed by atoms with Gasteiger partial charge in [0.25, 0.3) is 0 Å². The molecule has 0 fully saturated rings. The molecule has 0 amide bonds. The predicted molar refractivity (Wildman–Crippen MR) is 58.4 cm³/mol.